The zero-order valence-corrected chi connectivity index (χ0v) is 23.6. The quantitative estimate of drug-likeness (QED) is 0.245. The van der Waals surface area contributed by atoms with Gasteiger partial charge in [0.25, 0.3) is 0 Å². The Bertz CT molecular complexity index is 1210. The lowest BCUT2D eigenvalue weighted by Crippen LogP contribution is -2.21. The van der Waals surface area contributed by atoms with Crippen LogP contribution in [0, 0.1) is 0 Å². The summed E-state index contributed by atoms with van der Waals surface area (Å²) in [6, 6.07) is 18.9. The number of hydrogen-bond donors (Lipinski definition) is 4. The van der Waals surface area contributed by atoms with Crippen molar-refractivity contribution in [3.05, 3.63) is 83.1 Å². The van der Waals surface area contributed by atoms with Crippen LogP contribution in [0.3, 0.4) is 0 Å². The van der Waals surface area contributed by atoms with Gasteiger partial charge < -0.3 is 26.3 Å². The molecule has 7 nitrogen and oxygen atoms in total. The van der Waals surface area contributed by atoms with Crippen LogP contribution in [0.15, 0.2) is 66.2 Å². The summed E-state index contributed by atoms with van der Waals surface area (Å²) in [7, 11) is 1.50. The summed E-state index contributed by atoms with van der Waals surface area (Å²) in [5.74, 6) is 0.430. The Balaban J connectivity index is 0.000000263. The third kappa shape index (κ3) is 10.6. The number of hydrogen-bond acceptors (Lipinski definition) is 6. The molecule has 210 valence electrons. The van der Waals surface area contributed by atoms with E-state index in [0.29, 0.717) is 0 Å². The number of fused-ring (bicyclic) bond motifs is 2. The van der Waals surface area contributed by atoms with Gasteiger partial charge in [-0.2, -0.15) is 0 Å². The fourth-order valence-electron chi connectivity index (χ4n) is 4.72. The van der Waals surface area contributed by atoms with E-state index in [1.54, 1.807) is 0 Å². The first-order valence-electron chi connectivity index (χ1n) is 13.8. The van der Waals surface area contributed by atoms with E-state index in [1.165, 1.54) is 54.4 Å². The van der Waals surface area contributed by atoms with Gasteiger partial charge in [0.2, 0.25) is 0 Å². The van der Waals surface area contributed by atoms with Gasteiger partial charge in [-0.1, -0.05) is 67.1 Å². The van der Waals surface area contributed by atoms with E-state index in [1.807, 2.05) is 12.1 Å². The number of nitrogens with one attached hydrogen (secondary N) is 2. The maximum absolute atomic E-state index is 11.3. The Morgan fingerprint density at radius 1 is 1.08 bits per heavy atom. The minimum atomic E-state index is -0.729. The molecule has 0 saturated heterocycles. The highest BCUT2D eigenvalue weighted by atomic mass is 16.4. The summed E-state index contributed by atoms with van der Waals surface area (Å²) in [6.07, 6.45) is 8.44. The molecule has 7 heteroatoms. The second-order valence-corrected chi connectivity index (χ2v) is 9.35. The van der Waals surface area contributed by atoms with Crippen LogP contribution in [0.25, 0.3) is 10.8 Å². The van der Waals surface area contributed by atoms with Crippen molar-refractivity contribution in [2.75, 3.05) is 32.0 Å². The van der Waals surface area contributed by atoms with E-state index in [9.17, 15) is 9.90 Å². The number of carboxylic acid groups (broad SMARTS) is 1. The molecule has 1 unspecified atom stereocenters. The zero-order valence-electron chi connectivity index (χ0n) is 23.6. The highest BCUT2D eigenvalue weighted by molar-refractivity contribution is 5.83. The third-order valence-electron chi connectivity index (χ3n) is 6.65. The number of aliphatic carboxylic acids is 1. The fraction of sp³-hybridized carbons (Fsp3) is 0.406. The van der Waals surface area contributed by atoms with Crippen LogP contribution >= 0.6 is 0 Å². The normalized spacial score (nSPS) is 14.3. The molecular formula is C32H44N4O3. The standard InChI is InChI=1S/C19H21NO2.C10H14N2.C2H4O.CH5N/c21-19(22)13-18(11-14-7-9-20-10-8-14)17-6-5-15-3-1-2-4-16(15)12-17;1-2-9-6-5-8-4-3-7-11-10(8)12-9;1-2-3;1-2/h1-7,12,18,20H,8-11,13H2,(H,21,22);5-6H,2-4,7H2,1H3,(H,11,12);2H,1H3;2H2,1H3. The average molecular weight is 533 g/mol. The lowest BCUT2D eigenvalue weighted by Gasteiger charge is -2.21. The maximum Gasteiger partial charge on any atom is 0.303 e. The topological polar surface area (TPSA) is 117 Å². The minimum Gasteiger partial charge on any atom is -0.481 e. The molecule has 1 aromatic heterocycles. The molecule has 1 atom stereocenters. The van der Waals surface area contributed by atoms with Crippen molar-refractivity contribution in [3.63, 3.8) is 0 Å². The van der Waals surface area contributed by atoms with E-state index in [0.717, 1.165) is 56.6 Å². The molecule has 0 radical (unpaired) electrons. The Labute approximate surface area is 232 Å². The number of aromatic nitrogens is 1. The molecule has 39 heavy (non-hydrogen) atoms. The van der Waals surface area contributed by atoms with Gasteiger partial charge in [0.05, 0.1) is 6.42 Å². The van der Waals surface area contributed by atoms with Gasteiger partial charge in [0.1, 0.15) is 12.1 Å². The maximum atomic E-state index is 11.3. The molecule has 5 N–H and O–H groups in total. The number of anilines is 1. The third-order valence-corrected chi connectivity index (χ3v) is 6.65. The number of nitrogens with two attached hydrogens (primary N) is 1. The lowest BCUT2D eigenvalue weighted by atomic mass is 9.86. The van der Waals surface area contributed by atoms with Crippen LogP contribution in [0.4, 0.5) is 5.82 Å². The van der Waals surface area contributed by atoms with Crippen LogP contribution in [0.5, 0.6) is 0 Å². The summed E-state index contributed by atoms with van der Waals surface area (Å²) in [6.45, 7) is 6.54. The number of rotatable bonds is 6. The number of carboxylic acids is 1. The number of benzene rings is 2. The van der Waals surface area contributed by atoms with Gasteiger partial charge in [0.15, 0.2) is 0 Å². The summed E-state index contributed by atoms with van der Waals surface area (Å²) >= 11 is 0. The summed E-state index contributed by atoms with van der Waals surface area (Å²) < 4.78 is 0. The van der Waals surface area contributed by atoms with E-state index in [4.69, 9.17) is 4.79 Å². The van der Waals surface area contributed by atoms with Gasteiger partial charge in [-0.3, -0.25) is 4.79 Å². The van der Waals surface area contributed by atoms with Gasteiger partial charge >= 0.3 is 5.97 Å². The first-order valence-corrected chi connectivity index (χ1v) is 13.8. The van der Waals surface area contributed by atoms with Crippen LogP contribution in [0.2, 0.25) is 0 Å². The molecule has 2 aliphatic heterocycles. The van der Waals surface area contributed by atoms with Crippen molar-refractivity contribution in [2.24, 2.45) is 5.73 Å². The number of aldehydes is 1. The van der Waals surface area contributed by atoms with Gasteiger partial charge in [0, 0.05) is 18.8 Å². The van der Waals surface area contributed by atoms with Gasteiger partial charge in [-0.25, -0.2) is 4.98 Å². The predicted molar refractivity (Wildman–Crippen MR) is 161 cm³/mol. The average Bonchev–Trinajstić information content (AvgIpc) is 2.98. The molecule has 0 saturated carbocycles. The van der Waals surface area contributed by atoms with Gasteiger partial charge in [-0.05, 0) is 86.5 Å². The Morgan fingerprint density at radius 2 is 1.82 bits per heavy atom. The molecule has 0 fully saturated rings. The highest BCUT2D eigenvalue weighted by Crippen LogP contribution is 2.31. The Hall–Kier alpha value is -3.55. The van der Waals surface area contributed by atoms with Crippen molar-refractivity contribution >= 4 is 28.8 Å². The van der Waals surface area contributed by atoms with Crippen molar-refractivity contribution in [2.45, 2.75) is 58.3 Å². The first kappa shape index (κ1) is 31.7. The van der Waals surface area contributed by atoms with Crippen LogP contribution in [-0.4, -0.2) is 49.0 Å². The number of pyridine rings is 1. The monoisotopic (exact) mass is 532 g/mol. The molecular weight excluding hydrogens is 488 g/mol. The van der Waals surface area contributed by atoms with E-state index >= 15 is 0 Å². The molecule has 0 bridgehead atoms. The zero-order chi connectivity index (χ0) is 28.5. The molecule has 2 aromatic carbocycles. The minimum absolute atomic E-state index is 0.0476. The summed E-state index contributed by atoms with van der Waals surface area (Å²) in [5, 5.41) is 18.3. The molecule has 0 aliphatic carbocycles. The number of carbonyl (C=O) groups is 2. The van der Waals surface area contributed by atoms with Crippen molar-refractivity contribution < 1.29 is 14.7 Å². The molecule has 3 heterocycles. The molecule has 0 amide bonds. The number of aryl methyl sites for hydroxylation is 2. The SMILES string of the molecule is CC=O.CCc1ccc2c(n1)NCCC2.CN.O=C(O)CC(CC1=CCNCC1)c1ccc2ccccc2c1. The number of carbonyl (C=O) groups excluding carboxylic acids is 1. The van der Waals surface area contributed by atoms with Crippen LogP contribution < -0.4 is 16.4 Å². The fourth-order valence-corrected chi connectivity index (χ4v) is 4.72. The van der Waals surface area contributed by atoms with Gasteiger partial charge in [-0.15, -0.1) is 0 Å². The molecule has 5 rings (SSSR count). The van der Waals surface area contributed by atoms with Crippen molar-refractivity contribution in [1.29, 1.82) is 0 Å². The Morgan fingerprint density at radius 3 is 2.49 bits per heavy atom. The first-order chi connectivity index (χ1) is 19.0. The largest absolute Gasteiger partial charge is 0.481 e. The smallest absolute Gasteiger partial charge is 0.303 e. The Kier molecular flexibility index (Phi) is 14.5. The highest BCUT2D eigenvalue weighted by Gasteiger charge is 2.18. The predicted octanol–water partition coefficient (Wildman–Crippen LogP) is 5.49. The second-order valence-electron chi connectivity index (χ2n) is 9.35. The molecule has 0 spiro atoms. The van der Waals surface area contributed by atoms with Crippen LogP contribution in [0.1, 0.15) is 62.3 Å². The van der Waals surface area contributed by atoms with E-state index in [2.05, 4.69) is 76.8 Å². The van der Waals surface area contributed by atoms with Crippen molar-refractivity contribution in [1.82, 2.24) is 10.3 Å². The number of nitrogens with zero attached hydrogens (tertiary/aromatic N) is 1. The second kappa shape index (κ2) is 17.9. The summed E-state index contributed by atoms with van der Waals surface area (Å²) in [5.41, 5.74) is 9.56. The van der Waals surface area contributed by atoms with Crippen LogP contribution in [-0.2, 0) is 22.4 Å². The molecule has 2 aliphatic rings. The molecule has 3 aromatic rings. The van der Waals surface area contributed by atoms with E-state index in [-0.39, 0.29) is 12.3 Å². The van der Waals surface area contributed by atoms with Crippen molar-refractivity contribution in [3.8, 4) is 0 Å². The summed E-state index contributed by atoms with van der Waals surface area (Å²) in [4.78, 5) is 24.6. The van der Waals surface area contributed by atoms with E-state index < -0.39 is 5.97 Å². The lowest BCUT2D eigenvalue weighted by molar-refractivity contribution is -0.137.